The molecule has 1 fully saturated rings. The van der Waals surface area contributed by atoms with Crippen molar-refractivity contribution in [2.75, 3.05) is 5.43 Å². The van der Waals surface area contributed by atoms with Gasteiger partial charge in [0.2, 0.25) is 0 Å². The summed E-state index contributed by atoms with van der Waals surface area (Å²) in [5.74, 6) is 7.02. The molecule has 1 aliphatic rings. The normalized spacial score (nSPS) is 16.2. The van der Waals surface area contributed by atoms with Gasteiger partial charge in [0, 0.05) is 23.2 Å². The molecule has 1 aliphatic carbocycles. The van der Waals surface area contributed by atoms with Crippen molar-refractivity contribution in [3.63, 3.8) is 0 Å². The van der Waals surface area contributed by atoms with Crippen LogP contribution < -0.4 is 11.3 Å². The number of fused-ring (bicyclic) bond motifs is 1. The molecule has 2 aromatic heterocycles. The summed E-state index contributed by atoms with van der Waals surface area (Å²) in [5, 5.41) is 4.62. The highest BCUT2D eigenvalue weighted by Crippen LogP contribution is 2.36. The molecule has 3 N–H and O–H groups in total. The number of hydrogen-bond acceptors (Lipinski definition) is 4. The maximum atomic E-state index is 5.58. The first-order valence-electron chi connectivity index (χ1n) is 6.04. The number of nitrogens with two attached hydrogens (primary N) is 1. The third-order valence-corrected chi connectivity index (χ3v) is 3.76. The second-order valence-electron chi connectivity index (χ2n) is 4.78. The van der Waals surface area contributed by atoms with Crippen molar-refractivity contribution in [3.8, 4) is 0 Å². The Balaban J connectivity index is 2.20. The highest BCUT2D eigenvalue weighted by molar-refractivity contribution is 5.55. The van der Waals surface area contributed by atoms with E-state index in [9.17, 15) is 0 Å². The molecule has 2 heterocycles. The molecule has 1 saturated carbocycles. The third kappa shape index (κ3) is 1.50. The average Bonchev–Trinajstić information content (AvgIpc) is 2.60. The van der Waals surface area contributed by atoms with Crippen LogP contribution in [-0.2, 0) is 0 Å². The molecule has 0 amide bonds. The van der Waals surface area contributed by atoms with Crippen molar-refractivity contribution in [1.82, 2.24) is 14.6 Å². The van der Waals surface area contributed by atoms with E-state index >= 15 is 0 Å². The Hall–Kier alpha value is -1.62. The van der Waals surface area contributed by atoms with E-state index in [4.69, 9.17) is 5.84 Å². The highest BCUT2D eigenvalue weighted by Gasteiger charge is 2.23. The number of aryl methyl sites for hydroxylation is 1. The van der Waals surface area contributed by atoms with Gasteiger partial charge in [0.15, 0.2) is 5.65 Å². The van der Waals surface area contributed by atoms with E-state index in [0.29, 0.717) is 5.92 Å². The minimum Gasteiger partial charge on any atom is -0.308 e. The van der Waals surface area contributed by atoms with Gasteiger partial charge in [0.1, 0.15) is 5.82 Å². The third-order valence-electron chi connectivity index (χ3n) is 3.76. The van der Waals surface area contributed by atoms with E-state index in [2.05, 4.69) is 21.6 Å². The largest absolute Gasteiger partial charge is 0.308 e. The zero-order valence-corrected chi connectivity index (χ0v) is 10.2. The molecule has 0 saturated heterocycles. The molecule has 3 rings (SSSR count). The molecule has 5 heteroatoms. The Morgan fingerprint density at radius 2 is 2.18 bits per heavy atom. The summed E-state index contributed by atoms with van der Waals surface area (Å²) in [4.78, 5) is 4.55. The van der Waals surface area contributed by atoms with E-state index in [-0.39, 0.29) is 0 Å². The van der Waals surface area contributed by atoms with E-state index in [1.54, 1.807) is 0 Å². The monoisotopic (exact) mass is 231 g/mol. The van der Waals surface area contributed by atoms with Crippen LogP contribution in [0.1, 0.15) is 42.1 Å². The number of aromatic nitrogens is 3. The van der Waals surface area contributed by atoms with Crippen LogP contribution in [0.3, 0.4) is 0 Å². The van der Waals surface area contributed by atoms with Gasteiger partial charge in [-0.1, -0.05) is 6.42 Å². The average molecular weight is 231 g/mol. The molecular formula is C12H17N5. The minimum atomic E-state index is 0.614. The van der Waals surface area contributed by atoms with Crippen LogP contribution >= 0.6 is 0 Å². The Morgan fingerprint density at radius 1 is 1.41 bits per heavy atom. The first-order valence-corrected chi connectivity index (χ1v) is 6.04. The summed E-state index contributed by atoms with van der Waals surface area (Å²) >= 11 is 0. The SMILES string of the molecule is Cc1nc2cc(C3CCC3)nn2c(NN)c1C. The van der Waals surface area contributed by atoms with Gasteiger partial charge >= 0.3 is 0 Å². The number of nitrogens with one attached hydrogen (secondary N) is 1. The van der Waals surface area contributed by atoms with Crippen LogP contribution in [0.25, 0.3) is 5.65 Å². The second-order valence-corrected chi connectivity index (χ2v) is 4.78. The number of hydrazine groups is 1. The van der Waals surface area contributed by atoms with Gasteiger partial charge in [-0.3, -0.25) is 0 Å². The number of nitrogens with zero attached hydrogens (tertiary/aromatic N) is 3. The lowest BCUT2D eigenvalue weighted by Gasteiger charge is -2.22. The Morgan fingerprint density at radius 3 is 2.76 bits per heavy atom. The molecule has 0 aromatic carbocycles. The van der Waals surface area contributed by atoms with Gasteiger partial charge in [-0.05, 0) is 26.7 Å². The van der Waals surface area contributed by atoms with Crippen molar-refractivity contribution in [3.05, 3.63) is 23.0 Å². The van der Waals surface area contributed by atoms with E-state index < -0.39 is 0 Å². The summed E-state index contributed by atoms with van der Waals surface area (Å²) in [5.41, 5.74) is 6.79. The smallest absolute Gasteiger partial charge is 0.157 e. The first-order chi connectivity index (χ1) is 8.20. The summed E-state index contributed by atoms with van der Waals surface area (Å²) in [6.07, 6.45) is 3.80. The lowest BCUT2D eigenvalue weighted by Crippen LogP contribution is -2.15. The summed E-state index contributed by atoms with van der Waals surface area (Å²) in [7, 11) is 0. The lowest BCUT2D eigenvalue weighted by molar-refractivity contribution is 0.410. The Labute approximate surface area is 100 Å². The fourth-order valence-electron chi connectivity index (χ4n) is 2.29. The Kier molecular flexibility index (Phi) is 2.29. The van der Waals surface area contributed by atoms with Crippen molar-refractivity contribution >= 4 is 11.5 Å². The molecular weight excluding hydrogens is 214 g/mol. The predicted octanol–water partition coefficient (Wildman–Crippen LogP) is 1.90. The van der Waals surface area contributed by atoms with Crippen LogP contribution in [0.15, 0.2) is 6.07 Å². The molecule has 0 bridgehead atoms. The number of anilines is 1. The van der Waals surface area contributed by atoms with Crippen molar-refractivity contribution in [2.24, 2.45) is 5.84 Å². The van der Waals surface area contributed by atoms with Gasteiger partial charge in [-0.2, -0.15) is 9.61 Å². The zero-order chi connectivity index (χ0) is 12.0. The quantitative estimate of drug-likeness (QED) is 0.612. The van der Waals surface area contributed by atoms with Crippen molar-refractivity contribution in [2.45, 2.75) is 39.0 Å². The van der Waals surface area contributed by atoms with Crippen molar-refractivity contribution < 1.29 is 0 Å². The van der Waals surface area contributed by atoms with Crippen LogP contribution in [-0.4, -0.2) is 14.6 Å². The van der Waals surface area contributed by atoms with E-state index in [1.165, 1.54) is 19.3 Å². The van der Waals surface area contributed by atoms with Gasteiger partial charge in [0.05, 0.1) is 5.69 Å². The molecule has 5 nitrogen and oxygen atoms in total. The fourth-order valence-corrected chi connectivity index (χ4v) is 2.29. The van der Waals surface area contributed by atoms with Crippen LogP contribution in [0.2, 0.25) is 0 Å². The zero-order valence-electron chi connectivity index (χ0n) is 10.2. The maximum absolute atomic E-state index is 5.58. The Bertz CT molecular complexity index is 568. The number of hydrogen-bond donors (Lipinski definition) is 2. The van der Waals surface area contributed by atoms with Crippen LogP contribution in [0.5, 0.6) is 0 Å². The summed E-state index contributed by atoms with van der Waals surface area (Å²) in [6.45, 7) is 3.99. The fraction of sp³-hybridized carbons (Fsp3) is 0.500. The molecule has 2 aromatic rings. The molecule has 0 aliphatic heterocycles. The molecule has 0 spiro atoms. The van der Waals surface area contributed by atoms with E-state index in [0.717, 1.165) is 28.4 Å². The summed E-state index contributed by atoms with van der Waals surface area (Å²) in [6, 6.07) is 2.08. The highest BCUT2D eigenvalue weighted by atomic mass is 15.4. The van der Waals surface area contributed by atoms with Gasteiger partial charge in [0.25, 0.3) is 0 Å². The van der Waals surface area contributed by atoms with Crippen LogP contribution in [0, 0.1) is 13.8 Å². The maximum Gasteiger partial charge on any atom is 0.157 e. The topological polar surface area (TPSA) is 68.2 Å². The van der Waals surface area contributed by atoms with Crippen molar-refractivity contribution in [1.29, 1.82) is 0 Å². The first kappa shape index (κ1) is 10.5. The molecule has 0 radical (unpaired) electrons. The number of nitrogen functional groups attached to an aromatic ring is 1. The molecule has 17 heavy (non-hydrogen) atoms. The van der Waals surface area contributed by atoms with Gasteiger partial charge < -0.3 is 5.43 Å². The van der Waals surface area contributed by atoms with Gasteiger partial charge in [-0.15, -0.1) is 0 Å². The van der Waals surface area contributed by atoms with Crippen LogP contribution in [0.4, 0.5) is 5.82 Å². The molecule has 0 atom stereocenters. The standard InChI is InChI=1S/C12H17N5/c1-7-8(2)14-11-6-10(9-4-3-5-9)16-17(11)12(7)15-13/h6,9,15H,3-5,13H2,1-2H3. The minimum absolute atomic E-state index is 0.614. The molecule has 90 valence electrons. The lowest BCUT2D eigenvalue weighted by atomic mass is 9.83. The predicted molar refractivity (Wildman–Crippen MR) is 66.9 cm³/mol. The van der Waals surface area contributed by atoms with Gasteiger partial charge in [-0.25, -0.2) is 10.8 Å². The summed E-state index contributed by atoms with van der Waals surface area (Å²) < 4.78 is 1.82. The van der Waals surface area contributed by atoms with E-state index in [1.807, 2.05) is 18.4 Å². The number of rotatable bonds is 2. The molecule has 0 unspecified atom stereocenters. The second kappa shape index (κ2) is 3.70.